The van der Waals surface area contributed by atoms with Crippen molar-refractivity contribution in [1.82, 2.24) is 9.38 Å². The van der Waals surface area contributed by atoms with E-state index in [-0.39, 0.29) is 0 Å². The molecule has 1 atom stereocenters. The summed E-state index contributed by atoms with van der Waals surface area (Å²) < 4.78 is 3.36. The lowest BCUT2D eigenvalue weighted by Crippen LogP contribution is -2.15. The van der Waals surface area contributed by atoms with E-state index in [0.717, 1.165) is 22.5 Å². The molecule has 2 aromatic heterocycles. The Morgan fingerprint density at radius 1 is 1.53 bits per heavy atom. The Bertz CT molecular complexity index is 544. The molecule has 3 rings (SSSR count). The van der Waals surface area contributed by atoms with E-state index in [1.165, 1.54) is 37.1 Å². The van der Waals surface area contributed by atoms with Gasteiger partial charge < -0.3 is 4.40 Å². The number of rotatable bonds is 2. The van der Waals surface area contributed by atoms with E-state index in [1.54, 1.807) is 0 Å². The summed E-state index contributed by atoms with van der Waals surface area (Å²) in [5.74, 6) is 0.853. The van der Waals surface area contributed by atoms with Gasteiger partial charge in [-0.15, -0.1) is 0 Å². The summed E-state index contributed by atoms with van der Waals surface area (Å²) in [6.07, 6.45) is 8.43. The molecular weight excluding hydrogens is 276 g/mol. The first-order chi connectivity index (χ1) is 8.29. The summed E-state index contributed by atoms with van der Waals surface area (Å²) in [6.45, 7) is 2.28. The van der Waals surface area contributed by atoms with Crippen LogP contribution in [-0.4, -0.2) is 9.38 Å². The molecule has 0 aliphatic heterocycles. The molecule has 2 nitrogen and oxygen atoms in total. The fourth-order valence-electron chi connectivity index (χ4n) is 2.92. The number of imidazole rings is 1. The van der Waals surface area contributed by atoms with E-state index in [4.69, 9.17) is 4.98 Å². The van der Waals surface area contributed by atoms with Crippen LogP contribution >= 0.6 is 15.9 Å². The third-order valence-corrected chi connectivity index (χ3v) is 4.37. The highest BCUT2D eigenvalue weighted by Gasteiger charge is 2.23. The molecule has 1 aliphatic carbocycles. The molecule has 0 fully saturated rings. The van der Waals surface area contributed by atoms with Crippen LogP contribution in [0.3, 0.4) is 0 Å². The lowest BCUT2D eigenvalue weighted by molar-refractivity contribution is 0.414. The second-order valence-electron chi connectivity index (χ2n) is 4.95. The van der Waals surface area contributed by atoms with Crippen molar-refractivity contribution in [2.24, 2.45) is 5.92 Å². The van der Waals surface area contributed by atoms with Crippen molar-refractivity contribution in [3.05, 3.63) is 34.2 Å². The molecule has 0 saturated carbocycles. The van der Waals surface area contributed by atoms with E-state index < -0.39 is 0 Å². The van der Waals surface area contributed by atoms with Gasteiger partial charge in [0.15, 0.2) is 5.65 Å². The maximum Gasteiger partial charge on any atom is 0.151 e. The summed E-state index contributed by atoms with van der Waals surface area (Å²) in [7, 11) is 0. The minimum absolute atomic E-state index is 0.853. The number of pyridine rings is 1. The number of halogens is 1. The van der Waals surface area contributed by atoms with Crippen molar-refractivity contribution in [2.45, 2.75) is 39.0 Å². The molecule has 90 valence electrons. The molecule has 1 aliphatic rings. The molecule has 0 spiro atoms. The van der Waals surface area contributed by atoms with Crippen LogP contribution in [0.4, 0.5) is 0 Å². The number of fused-ring (bicyclic) bond motifs is 3. The third kappa shape index (κ3) is 1.90. The average molecular weight is 293 g/mol. The molecular formula is C14H17BrN2. The lowest BCUT2D eigenvalue weighted by Gasteiger charge is -2.21. The summed E-state index contributed by atoms with van der Waals surface area (Å²) in [5.41, 5.74) is 3.82. The summed E-state index contributed by atoms with van der Waals surface area (Å²) >= 11 is 3.59. The zero-order valence-corrected chi connectivity index (χ0v) is 11.7. The van der Waals surface area contributed by atoms with Gasteiger partial charge >= 0.3 is 0 Å². The maximum absolute atomic E-state index is 4.76. The van der Waals surface area contributed by atoms with Gasteiger partial charge in [-0.3, -0.25) is 0 Å². The van der Waals surface area contributed by atoms with Crippen LogP contribution in [0, 0.1) is 5.92 Å². The van der Waals surface area contributed by atoms with Crippen LogP contribution < -0.4 is 0 Å². The number of aryl methyl sites for hydroxylation is 1. The average Bonchev–Trinajstić information content (AvgIpc) is 2.70. The molecule has 0 radical (unpaired) electrons. The van der Waals surface area contributed by atoms with E-state index >= 15 is 0 Å². The fourth-order valence-corrected chi connectivity index (χ4v) is 3.35. The Balaban J connectivity index is 2.06. The first-order valence-electron chi connectivity index (χ1n) is 6.44. The monoisotopic (exact) mass is 292 g/mol. The zero-order chi connectivity index (χ0) is 11.8. The third-order valence-electron chi connectivity index (χ3n) is 3.75. The van der Waals surface area contributed by atoms with Crippen LogP contribution in [0.25, 0.3) is 5.65 Å². The lowest BCUT2D eigenvalue weighted by atomic mass is 9.87. The standard InChI is InChI=1S/C14H17BrN2/c1-2-4-10-6-7-12-13(9-10)17-8-3-5-11(15)14(17)16-12/h3,5,8,10H,2,4,6-7,9H2,1H3. The first kappa shape index (κ1) is 11.3. The van der Waals surface area contributed by atoms with Crippen molar-refractivity contribution in [1.29, 1.82) is 0 Å². The number of hydrogen-bond acceptors (Lipinski definition) is 1. The minimum Gasteiger partial charge on any atom is -0.303 e. The molecule has 1 unspecified atom stereocenters. The quantitative estimate of drug-likeness (QED) is 0.818. The van der Waals surface area contributed by atoms with E-state index in [9.17, 15) is 0 Å². The Labute approximate surface area is 110 Å². The normalized spacial score (nSPS) is 19.5. The molecule has 0 bridgehead atoms. The Hall–Kier alpha value is -0.830. The maximum atomic E-state index is 4.76. The van der Waals surface area contributed by atoms with E-state index in [1.807, 2.05) is 0 Å². The number of aromatic nitrogens is 2. The first-order valence-corrected chi connectivity index (χ1v) is 7.23. The van der Waals surface area contributed by atoms with Gasteiger partial charge in [0.2, 0.25) is 0 Å². The molecule has 3 heteroatoms. The van der Waals surface area contributed by atoms with E-state index in [0.29, 0.717) is 0 Å². The Morgan fingerprint density at radius 2 is 2.41 bits per heavy atom. The van der Waals surface area contributed by atoms with Crippen molar-refractivity contribution in [2.75, 3.05) is 0 Å². The molecule has 17 heavy (non-hydrogen) atoms. The fraction of sp³-hybridized carbons (Fsp3) is 0.500. The highest BCUT2D eigenvalue weighted by molar-refractivity contribution is 9.10. The van der Waals surface area contributed by atoms with Gasteiger partial charge in [0.25, 0.3) is 0 Å². The van der Waals surface area contributed by atoms with Crippen molar-refractivity contribution in [3.63, 3.8) is 0 Å². The topological polar surface area (TPSA) is 17.3 Å². The van der Waals surface area contributed by atoms with Crippen molar-refractivity contribution < 1.29 is 0 Å². The highest BCUT2D eigenvalue weighted by atomic mass is 79.9. The number of hydrogen-bond donors (Lipinski definition) is 0. The van der Waals surface area contributed by atoms with Crippen molar-refractivity contribution >= 4 is 21.6 Å². The molecule has 0 N–H and O–H groups in total. The summed E-state index contributed by atoms with van der Waals surface area (Å²) in [5, 5.41) is 0. The smallest absolute Gasteiger partial charge is 0.151 e. The minimum atomic E-state index is 0.853. The highest BCUT2D eigenvalue weighted by Crippen LogP contribution is 2.30. The SMILES string of the molecule is CCCC1CCc2nc3c(Br)cccn3c2C1. The molecule has 0 aromatic carbocycles. The molecule has 2 aromatic rings. The van der Waals surface area contributed by atoms with Crippen LogP contribution in [0.1, 0.15) is 37.6 Å². The van der Waals surface area contributed by atoms with Crippen molar-refractivity contribution in [3.8, 4) is 0 Å². The van der Waals surface area contributed by atoms with Gasteiger partial charge in [-0.2, -0.15) is 0 Å². The summed E-state index contributed by atoms with van der Waals surface area (Å²) in [4.78, 5) is 4.76. The van der Waals surface area contributed by atoms with Crippen LogP contribution in [0.15, 0.2) is 22.8 Å². The van der Waals surface area contributed by atoms with Gasteiger partial charge in [-0.05, 0) is 53.2 Å². The van der Waals surface area contributed by atoms with Crippen LogP contribution in [0.5, 0.6) is 0 Å². The van der Waals surface area contributed by atoms with Gasteiger partial charge in [0, 0.05) is 11.9 Å². The van der Waals surface area contributed by atoms with Crippen LogP contribution in [0.2, 0.25) is 0 Å². The van der Waals surface area contributed by atoms with E-state index in [2.05, 4.69) is 45.6 Å². The second-order valence-corrected chi connectivity index (χ2v) is 5.81. The molecule has 0 amide bonds. The Morgan fingerprint density at radius 3 is 3.24 bits per heavy atom. The number of nitrogens with zero attached hydrogens (tertiary/aromatic N) is 2. The zero-order valence-electron chi connectivity index (χ0n) is 10.1. The van der Waals surface area contributed by atoms with Crippen LogP contribution in [-0.2, 0) is 12.8 Å². The summed E-state index contributed by atoms with van der Waals surface area (Å²) in [6, 6.07) is 4.15. The predicted octanol–water partition coefficient (Wildman–Crippen LogP) is 4.00. The van der Waals surface area contributed by atoms with Gasteiger partial charge in [0.05, 0.1) is 10.2 Å². The van der Waals surface area contributed by atoms with Gasteiger partial charge in [-0.25, -0.2) is 4.98 Å². The largest absolute Gasteiger partial charge is 0.303 e. The molecule has 0 saturated heterocycles. The molecule has 2 heterocycles. The predicted molar refractivity (Wildman–Crippen MR) is 73.3 cm³/mol. The Kier molecular flexibility index (Phi) is 2.95. The van der Waals surface area contributed by atoms with Gasteiger partial charge in [0.1, 0.15) is 0 Å². The second kappa shape index (κ2) is 4.45. The van der Waals surface area contributed by atoms with Gasteiger partial charge in [-0.1, -0.05) is 19.8 Å².